The average molecular weight is 402 g/mol. The largest absolute Gasteiger partial charge is 0.340 e. The van der Waals surface area contributed by atoms with Gasteiger partial charge in [-0.15, -0.1) is 0 Å². The molecule has 7 heteroatoms. The van der Waals surface area contributed by atoms with Gasteiger partial charge in [-0.3, -0.25) is 9.78 Å². The minimum absolute atomic E-state index is 0.0371. The zero-order valence-corrected chi connectivity index (χ0v) is 17.2. The van der Waals surface area contributed by atoms with Crippen LogP contribution in [-0.2, 0) is 27.7 Å². The Balaban J connectivity index is 1.55. The third-order valence-electron chi connectivity index (χ3n) is 4.89. The molecule has 0 radical (unpaired) electrons. The minimum atomic E-state index is -3.55. The monoisotopic (exact) mass is 401 g/mol. The van der Waals surface area contributed by atoms with Crippen molar-refractivity contribution < 1.29 is 13.2 Å². The molecule has 0 aliphatic carbocycles. The number of sulfonamides is 1. The van der Waals surface area contributed by atoms with E-state index >= 15 is 0 Å². The van der Waals surface area contributed by atoms with Gasteiger partial charge in [-0.05, 0) is 35.6 Å². The van der Waals surface area contributed by atoms with Gasteiger partial charge in [0.05, 0.1) is 6.42 Å². The SMILES string of the molecule is CC(C)Cc1ccc(CC(=O)N2CCN(S(=O)(=O)c3cccnc3)CC2)cc1. The van der Waals surface area contributed by atoms with Crippen LogP contribution < -0.4 is 0 Å². The van der Waals surface area contributed by atoms with E-state index in [1.807, 2.05) is 12.1 Å². The fourth-order valence-electron chi connectivity index (χ4n) is 3.38. The van der Waals surface area contributed by atoms with E-state index in [0.29, 0.717) is 38.5 Å². The van der Waals surface area contributed by atoms with Crippen LogP contribution in [0.3, 0.4) is 0 Å². The van der Waals surface area contributed by atoms with Crippen molar-refractivity contribution in [3.05, 3.63) is 59.9 Å². The topological polar surface area (TPSA) is 70.6 Å². The first-order valence-electron chi connectivity index (χ1n) is 9.62. The molecule has 1 aliphatic rings. The first kappa shape index (κ1) is 20.5. The molecule has 0 N–H and O–H groups in total. The van der Waals surface area contributed by atoms with Crippen molar-refractivity contribution in [2.24, 2.45) is 5.92 Å². The van der Waals surface area contributed by atoms with Gasteiger partial charge in [0.2, 0.25) is 15.9 Å². The summed E-state index contributed by atoms with van der Waals surface area (Å²) < 4.78 is 26.7. The van der Waals surface area contributed by atoms with Gasteiger partial charge in [-0.25, -0.2) is 8.42 Å². The van der Waals surface area contributed by atoms with Gasteiger partial charge in [0.15, 0.2) is 0 Å². The van der Waals surface area contributed by atoms with Gasteiger partial charge in [-0.2, -0.15) is 4.31 Å². The smallest absolute Gasteiger partial charge is 0.244 e. The highest BCUT2D eigenvalue weighted by atomic mass is 32.2. The van der Waals surface area contributed by atoms with Crippen molar-refractivity contribution in [3.63, 3.8) is 0 Å². The lowest BCUT2D eigenvalue weighted by molar-refractivity contribution is -0.131. The summed E-state index contributed by atoms with van der Waals surface area (Å²) in [6, 6.07) is 11.3. The van der Waals surface area contributed by atoms with Crippen LogP contribution in [0, 0.1) is 5.92 Å². The number of pyridine rings is 1. The van der Waals surface area contributed by atoms with Gasteiger partial charge < -0.3 is 4.90 Å². The number of hydrogen-bond donors (Lipinski definition) is 0. The van der Waals surface area contributed by atoms with Gasteiger partial charge in [0.1, 0.15) is 4.90 Å². The second kappa shape index (κ2) is 8.84. The van der Waals surface area contributed by atoms with E-state index in [1.54, 1.807) is 23.2 Å². The van der Waals surface area contributed by atoms with Crippen LogP contribution in [0.15, 0.2) is 53.7 Å². The molecule has 3 rings (SSSR count). The Hall–Kier alpha value is -2.25. The summed E-state index contributed by atoms with van der Waals surface area (Å²) in [6.07, 6.45) is 4.28. The molecule has 150 valence electrons. The third-order valence-corrected chi connectivity index (χ3v) is 6.77. The van der Waals surface area contributed by atoms with E-state index in [-0.39, 0.29) is 10.8 Å². The molecular weight excluding hydrogens is 374 g/mol. The molecule has 6 nitrogen and oxygen atoms in total. The van der Waals surface area contributed by atoms with Crippen molar-refractivity contribution in [1.82, 2.24) is 14.2 Å². The quantitative estimate of drug-likeness (QED) is 0.745. The Bertz CT molecular complexity index is 888. The molecule has 28 heavy (non-hydrogen) atoms. The van der Waals surface area contributed by atoms with Crippen LogP contribution in [0.25, 0.3) is 0 Å². The first-order chi connectivity index (χ1) is 13.4. The molecule has 1 aromatic heterocycles. The van der Waals surface area contributed by atoms with E-state index < -0.39 is 10.0 Å². The van der Waals surface area contributed by atoms with Gasteiger partial charge in [0.25, 0.3) is 0 Å². The van der Waals surface area contributed by atoms with Crippen LogP contribution in [0.4, 0.5) is 0 Å². The highest BCUT2D eigenvalue weighted by molar-refractivity contribution is 7.89. The number of piperazine rings is 1. The minimum Gasteiger partial charge on any atom is -0.340 e. The predicted octanol–water partition coefficient (Wildman–Crippen LogP) is 2.36. The van der Waals surface area contributed by atoms with Crippen molar-refractivity contribution in [2.75, 3.05) is 26.2 Å². The summed E-state index contributed by atoms with van der Waals surface area (Å²) in [5.41, 5.74) is 2.27. The first-order valence-corrected chi connectivity index (χ1v) is 11.1. The van der Waals surface area contributed by atoms with Crippen LogP contribution in [0.1, 0.15) is 25.0 Å². The second-order valence-corrected chi connectivity index (χ2v) is 9.50. The van der Waals surface area contributed by atoms with Crippen LogP contribution >= 0.6 is 0 Å². The highest BCUT2D eigenvalue weighted by Gasteiger charge is 2.30. The molecule has 1 amide bonds. The number of benzene rings is 1. The standard InChI is InChI=1S/C21H27N3O3S/c1-17(2)14-18-5-7-19(8-6-18)15-21(25)23-10-12-24(13-11-23)28(26,27)20-4-3-9-22-16-20/h3-9,16-17H,10-15H2,1-2H3. The molecule has 0 saturated carbocycles. The van der Waals surface area contributed by atoms with Gasteiger partial charge in [-0.1, -0.05) is 38.1 Å². The van der Waals surface area contributed by atoms with Crippen LogP contribution in [0.2, 0.25) is 0 Å². The zero-order chi connectivity index (χ0) is 20.1. The number of aromatic nitrogens is 1. The van der Waals surface area contributed by atoms with E-state index in [0.717, 1.165) is 12.0 Å². The summed E-state index contributed by atoms with van der Waals surface area (Å²) in [7, 11) is -3.55. The Morgan fingerprint density at radius 1 is 1.04 bits per heavy atom. The molecule has 1 saturated heterocycles. The maximum Gasteiger partial charge on any atom is 0.244 e. The summed E-state index contributed by atoms with van der Waals surface area (Å²) in [4.78, 5) is 18.4. The molecule has 0 spiro atoms. The van der Waals surface area contributed by atoms with E-state index in [2.05, 4.69) is 31.0 Å². The second-order valence-electron chi connectivity index (χ2n) is 7.56. The molecule has 2 aromatic rings. The summed E-state index contributed by atoms with van der Waals surface area (Å²) in [5.74, 6) is 0.641. The Morgan fingerprint density at radius 2 is 1.68 bits per heavy atom. The number of rotatable bonds is 6. The van der Waals surface area contributed by atoms with Crippen molar-refractivity contribution in [2.45, 2.75) is 31.6 Å². The lowest BCUT2D eigenvalue weighted by Gasteiger charge is -2.34. The Labute approximate surface area is 167 Å². The number of carbonyl (C=O) groups excluding carboxylic acids is 1. The molecular formula is C21H27N3O3S. The van der Waals surface area contributed by atoms with E-state index in [1.165, 1.54) is 16.1 Å². The fraction of sp³-hybridized carbons (Fsp3) is 0.429. The molecule has 0 atom stereocenters. The summed E-state index contributed by atoms with van der Waals surface area (Å²) in [5, 5.41) is 0. The Morgan fingerprint density at radius 3 is 2.25 bits per heavy atom. The number of amides is 1. The predicted molar refractivity (Wildman–Crippen MR) is 108 cm³/mol. The van der Waals surface area contributed by atoms with Crippen molar-refractivity contribution >= 4 is 15.9 Å². The van der Waals surface area contributed by atoms with Gasteiger partial charge >= 0.3 is 0 Å². The van der Waals surface area contributed by atoms with Crippen LogP contribution in [0.5, 0.6) is 0 Å². The van der Waals surface area contributed by atoms with Gasteiger partial charge in [0, 0.05) is 38.6 Å². The molecule has 1 aliphatic heterocycles. The summed E-state index contributed by atoms with van der Waals surface area (Å²) in [6.45, 7) is 5.79. The summed E-state index contributed by atoms with van der Waals surface area (Å²) >= 11 is 0. The van der Waals surface area contributed by atoms with Crippen molar-refractivity contribution in [1.29, 1.82) is 0 Å². The van der Waals surface area contributed by atoms with E-state index in [4.69, 9.17) is 0 Å². The highest BCUT2D eigenvalue weighted by Crippen LogP contribution is 2.17. The maximum atomic E-state index is 12.6. The molecule has 1 aromatic carbocycles. The lowest BCUT2D eigenvalue weighted by atomic mass is 10.0. The molecule has 0 unspecified atom stereocenters. The normalized spacial score (nSPS) is 15.8. The van der Waals surface area contributed by atoms with Crippen LogP contribution in [-0.4, -0.2) is 54.7 Å². The maximum absolute atomic E-state index is 12.6. The Kier molecular flexibility index (Phi) is 6.46. The molecule has 1 fully saturated rings. The zero-order valence-electron chi connectivity index (χ0n) is 16.4. The number of carbonyl (C=O) groups is 1. The molecule has 0 bridgehead atoms. The molecule has 2 heterocycles. The average Bonchev–Trinajstić information content (AvgIpc) is 2.70. The lowest BCUT2D eigenvalue weighted by Crippen LogP contribution is -2.50. The number of hydrogen-bond acceptors (Lipinski definition) is 4. The fourth-order valence-corrected chi connectivity index (χ4v) is 4.76. The van der Waals surface area contributed by atoms with E-state index in [9.17, 15) is 13.2 Å². The van der Waals surface area contributed by atoms with Crippen molar-refractivity contribution in [3.8, 4) is 0 Å². The number of nitrogens with zero attached hydrogens (tertiary/aromatic N) is 3. The third kappa shape index (κ3) is 4.97.